The van der Waals surface area contributed by atoms with Crippen molar-refractivity contribution in [3.8, 4) is 22.3 Å². The molecular formula is C27H23F3. The van der Waals surface area contributed by atoms with E-state index < -0.39 is 17.5 Å². The average Bonchev–Trinajstić information content (AvgIpc) is 2.73. The van der Waals surface area contributed by atoms with Gasteiger partial charge in [-0.2, -0.15) is 0 Å². The van der Waals surface area contributed by atoms with Crippen molar-refractivity contribution in [1.29, 1.82) is 0 Å². The lowest BCUT2D eigenvalue weighted by Crippen LogP contribution is -1.95. The molecule has 0 radical (unpaired) electrons. The van der Waals surface area contributed by atoms with Crippen molar-refractivity contribution in [1.82, 2.24) is 0 Å². The lowest BCUT2D eigenvalue weighted by atomic mass is 9.95. The first-order chi connectivity index (χ1) is 14.5. The Morgan fingerprint density at radius 3 is 2.10 bits per heavy atom. The maximum atomic E-state index is 15.2. The highest BCUT2D eigenvalue weighted by molar-refractivity contribution is 5.89. The van der Waals surface area contributed by atoms with Crippen LogP contribution in [0.4, 0.5) is 13.2 Å². The smallest absolute Gasteiger partial charge is 0.138 e. The summed E-state index contributed by atoms with van der Waals surface area (Å²) in [5.41, 5.74) is 2.91. The molecule has 0 N–H and O–H groups in total. The van der Waals surface area contributed by atoms with Crippen molar-refractivity contribution >= 4 is 10.8 Å². The van der Waals surface area contributed by atoms with E-state index in [0.29, 0.717) is 10.9 Å². The molecular weight excluding hydrogens is 381 g/mol. The zero-order valence-electron chi connectivity index (χ0n) is 17.1. The third-order valence-electron chi connectivity index (χ3n) is 5.53. The van der Waals surface area contributed by atoms with Gasteiger partial charge in [-0.1, -0.05) is 73.5 Å². The van der Waals surface area contributed by atoms with Crippen molar-refractivity contribution < 1.29 is 13.2 Å². The van der Waals surface area contributed by atoms with Crippen LogP contribution in [-0.4, -0.2) is 0 Å². The van der Waals surface area contributed by atoms with Crippen LogP contribution in [0.2, 0.25) is 0 Å². The highest BCUT2D eigenvalue weighted by atomic mass is 19.1. The number of benzene rings is 4. The minimum atomic E-state index is -0.705. The predicted octanol–water partition coefficient (Wildman–Crippen LogP) is 8.24. The molecule has 4 aromatic rings. The van der Waals surface area contributed by atoms with Crippen LogP contribution in [0.15, 0.2) is 66.7 Å². The summed E-state index contributed by atoms with van der Waals surface area (Å²) in [7, 11) is 0. The van der Waals surface area contributed by atoms with Gasteiger partial charge in [-0.3, -0.25) is 0 Å². The molecule has 0 saturated heterocycles. The van der Waals surface area contributed by atoms with Crippen LogP contribution in [-0.2, 0) is 6.42 Å². The molecule has 0 aliphatic heterocycles. The molecule has 0 bridgehead atoms. The molecule has 0 nitrogen and oxygen atoms in total. The zero-order chi connectivity index (χ0) is 21.3. The van der Waals surface area contributed by atoms with Crippen LogP contribution in [0.3, 0.4) is 0 Å². The number of hydrogen-bond donors (Lipinski definition) is 0. The highest BCUT2D eigenvalue weighted by Crippen LogP contribution is 2.34. The van der Waals surface area contributed by atoms with Crippen molar-refractivity contribution in [3.05, 3.63) is 95.3 Å². The Labute approximate surface area is 175 Å². The summed E-state index contributed by atoms with van der Waals surface area (Å²) in [5.74, 6) is -1.87. The molecule has 0 atom stereocenters. The van der Waals surface area contributed by atoms with Gasteiger partial charge in [0, 0.05) is 10.9 Å². The molecule has 4 aromatic carbocycles. The second kappa shape index (κ2) is 8.35. The van der Waals surface area contributed by atoms with Gasteiger partial charge in [-0.05, 0) is 54.0 Å². The van der Waals surface area contributed by atoms with E-state index in [1.807, 2.05) is 25.1 Å². The molecule has 0 saturated carbocycles. The van der Waals surface area contributed by atoms with E-state index in [1.165, 1.54) is 12.1 Å². The Balaban J connectivity index is 1.76. The van der Waals surface area contributed by atoms with Gasteiger partial charge in [-0.25, -0.2) is 13.2 Å². The van der Waals surface area contributed by atoms with Gasteiger partial charge in [0.15, 0.2) is 0 Å². The lowest BCUT2D eigenvalue weighted by molar-refractivity contribution is 0.590. The number of rotatable bonds is 5. The third-order valence-corrected chi connectivity index (χ3v) is 5.53. The van der Waals surface area contributed by atoms with Crippen molar-refractivity contribution in [2.24, 2.45) is 0 Å². The van der Waals surface area contributed by atoms with E-state index in [-0.39, 0.29) is 16.7 Å². The summed E-state index contributed by atoms with van der Waals surface area (Å²) < 4.78 is 44.9. The first-order valence-electron chi connectivity index (χ1n) is 10.3. The SMILES string of the molecule is CCCCc1ccc2c(F)c(-c3cc(F)c(-c4ccc(C)cc4)c(F)c3)ccc2c1. The minimum absolute atomic E-state index is 0.0967. The molecule has 0 aliphatic carbocycles. The number of aryl methyl sites for hydroxylation is 2. The topological polar surface area (TPSA) is 0 Å². The highest BCUT2D eigenvalue weighted by Gasteiger charge is 2.17. The van der Waals surface area contributed by atoms with Gasteiger partial charge in [0.2, 0.25) is 0 Å². The summed E-state index contributed by atoms with van der Waals surface area (Å²) >= 11 is 0. The Morgan fingerprint density at radius 2 is 1.43 bits per heavy atom. The molecule has 0 aromatic heterocycles. The van der Waals surface area contributed by atoms with Gasteiger partial charge >= 0.3 is 0 Å². The molecule has 4 rings (SSSR count). The third kappa shape index (κ3) is 3.85. The van der Waals surface area contributed by atoms with Gasteiger partial charge < -0.3 is 0 Å². The Bertz CT molecular complexity index is 1180. The normalized spacial score (nSPS) is 11.2. The Kier molecular flexibility index (Phi) is 5.63. The lowest BCUT2D eigenvalue weighted by Gasteiger charge is -2.12. The molecule has 0 amide bonds. The van der Waals surface area contributed by atoms with Crippen LogP contribution in [0.5, 0.6) is 0 Å². The summed E-state index contributed by atoms with van der Waals surface area (Å²) in [6.07, 6.45) is 3.13. The van der Waals surface area contributed by atoms with Gasteiger partial charge in [-0.15, -0.1) is 0 Å². The van der Waals surface area contributed by atoms with Crippen molar-refractivity contribution in [2.75, 3.05) is 0 Å². The fourth-order valence-electron chi connectivity index (χ4n) is 3.83. The summed E-state index contributed by atoms with van der Waals surface area (Å²) in [4.78, 5) is 0. The second-order valence-electron chi connectivity index (χ2n) is 7.77. The molecule has 0 fully saturated rings. The number of unbranched alkanes of at least 4 members (excludes halogenated alkanes) is 1. The molecule has 0 heterocycles. The molecule has 0 unspecified atom stereocenters. The standard InChI is InChI=1S/C27H23F3/c1-3-4-5-18-8-12-22-20(14-18)11-13-23(27(22)30)21-15-24(28)26(25(29)16-21)19-9-6-17(2)7-10-19/h6-16H,3-5H2,1-2H3. The molecule has 30 heavy (non-hydrogen) atoms. The van der Waals surface area contributed by atoms with E-state index in [4.69, 9.17) is 0 Å². The van der Waals surface area contributed by atoms with Gasteiger partial charge in [0.25, 0.3) is 0 Å². The van der Waals surface area contributed by atoms with E-state index in [1.54, 1.807) is 36.4 Å². The van der Waals surface area contributed by atoms with Crippen LogP contribution in [0.25, 0.3) is 33.0 Å². The van der Waals surface area contributed by atoms with Crippen LogP contribution >= 0.6 is 0 Å². The summed E-state index contributed by atoms with van der Waals surface area (Å²) in [6.45, 7) is 4.05. The monoisotopic (exact) mass is 404 g/mol. The second-order valence-corrected chi connectivity index (χ2v) is 7.77. The van der Waals surface area contributed by atoms with Crippen LogP contribution < -0.4 is 0 Å². The van der Waals surface area contributed by atoms with E-state index in [2.05, 4.69) is 6.92 Å². The quantitative estimate of drug-likeness (QED) is 0.314. The first-order valence-corrected chi connectivity index (χ1v) is 10.3. The average molecular weight is 404 g/mol. The molecule has 3 heteroatoms. The number of halogens is 3. The molecule has 0 spiro atoms. The van der Waals surface area contributed by atoms with Crippen LogP contribution in [0.1, 0.15) is 30.9 Å². The zero-order valence-corrected chi connectivity index (χ0v) is 17.1. The fraction of sp³-hybridized carbons (Fsp3) is 0.185. The van der Waals surface area contributed by atoms with E-state index in [0.717, 1.165) is 35.8 Å². The van der Waals surface area contributed by atoms with Crippen molar-refractivity contribution in [2.45, 2.75) is 33.1 Å². The van der Waals surface area contributed by atoms with E-state index in [9.17, 15) is 8.78 Å². The van der Waals surface area contributed by atoms with E-state index >= 15 is 4.39 Å². The number of hydrogen-bond acceptors (Lipinski definition) is 0. The Hall–Kier alpha value is -3.07. The minimum Gasteiger partial charge on any atom is -0.206 e. The van der Waals surface area contributed by atoms with Crippen LogP contribution in [0, 0.1) is 24.4 Å². The van der Waals surface area contributed by atoms with Gasteiger partial charge in [0.1, 0.15) is 17.5 Å². The van der Waals surface area contributed by atoms with Crippen molar-refractivity contribution in [3.63, 3.8) is 0 Å². The largest absolute Gasteiger partial charge is 0.206 e. The molecule has 0 aliphatic rings. The van der Waals surface area contributed by atoms with Gasteiger partial charge in [0.05, 0.1) is 5.56 Å². The maximum Gasteiger partial charge on any atom is 0.138 e. The Morgan fingerprint density at radius 1 is 0.733 bits per heavy atom. The predicted molar refractivity (Wildman–Crippen MR) is 118 cm³/mol. The molecule has 152 valence electrons. The number of fused-ring (bicyclic) bond motifs is 1. The first kappa shape index (κ1) is 20.2. The summed E-state index contributed by atoms with van der Waals surface area (Å²) in [5, 5.41) is 1.25. The fourth-order valence-corrected chi connectivity index (χ4v) is 3.83. The maximum absolute atomic E-state index is 15.2. The summed E-state index contributed by atoms with van der Waals surface area (Å²) in [6, 6.07) is 18.5.